The van der Waals surface area contributed by atoms with Crippen LogP contribution in [0, 0.1) is 11.3 Å². The zero-order valence-electron chi connectivity index (χ0n) is 19.3. The molecular formula is C24H30N6O3. The third-order valence-corrected chi connectivity index (χ3v) is 6.59. The van der Waals surface area contributed by atoms with E-state index in [1.807, 2.05) is 10.7 Å². The fraction of sp³-hybridized carbons (Fsp3) is 0.583. The summed E-state index contributed by atoms with van der Waals surface area (Å²) in [6, 6.07) is 7.83. The normalized spacial score (nSPS) is 27.2. The van der Waals surface area contributed by atoms with E-state index >= 15 is 0 Å². The molecule has 4 aliphatic rings. The van der Waals surface area contributed by atoms with Gasteiger partial charge in [0.2, 0.25) is 0 Å². The molecular weight excluding hydrogens is 420 g/mol. The smallest absolute Gasteiger partial charge is 0.407 e. The van der Waals surface area contributed by atoms with E-state index in [9.17, 15) is 10.1 Å². The summed E-state index contributed by atoms with van der Waals surface area (Å²) in [7, 11) is 0. The number of nitriles is 1. The highest BCUT2D eigenvalue weighted by molar-refractivity contribution is 5.68. The molecule has 174 valence electrons. The molecule has 0 saturated heterocycles. The second kappa shape index (κ2) is 8.34. The SMILES string of the molecule is CC(C)(C)n1nc2cc1Nc1cc(C#N)cc(n1)COC1CC(C1)NC(=O)O[C@@H]1CC[C@H]2C1. The number of rotatable bonds is 0. The van der Waals surface area contributed by atoms with Gasteiger partial charge in [-0.05, 0) is 65.0 Å². The minimum atomic E-state index is -0.346. The fourth-order valence-electron chi connectivity index (χ4n) is 4.81. The number of fused-ring (bicyclic) bond motifs is 3. The number of aromatic nitrogens is 3. The average Bonchev–Trinajstić information content (AvgIpc) is 3.35. The zero-order chi connectivity index (χ0) is 23.2. The van der Waals surface area contributed by atoms with E-state index in [4.69, 9.17) is 19.6 Å². The Morgan fingerprint density at radius 2 is 1.97 bits per heavy atom. The average molecular weight is 451 g/mol. The van der Waals surface area contributed by atoms with Crippen LogP contribution < -0.4 is 10.6 Å². The molecule has 2 atom stereocenters. The molecule has 1 amide bonds. The van der Waals surface area contributed by atoms with Crippen LogP contribution in [0.25, 0.3) is 0 Å². The first-order valence-electron chi connectivity index (χ1n) is 11.6. The Bertz CT molecular complexity index is 1090. The van der Waals surface area contributed by atoms with Crippen LogP contribution in [0.15, 0.2) is 18.2 Å². The number of hydrogen-bond donors (Lipinski definition) is 2. The molecule has 0 aromatic carbocycles. The molecule has 2 aliphatic heterocycles. The monoisotopic (exact) mass is 450 g/mol. The second-order valence-electron chi connectivity index (χ2n) is 10.3. The highest BCUT2D eigenvalue weighted by atomic mass is 16.6. The Morgan fingerprint density at radius 1 is 1.15 bits per heavy atom. The molecule has 2 aromatic rings. The van der Waals surface area contributed by atoms with Crippen molar-refractivity contribution in [2.24, 2.45) is 0 Å². The van der Waals surface area contributed by atoms with Gasteiger partial charge >= 0.3 is 6.09 Å². The van der Waals surface area contributed by atoms with Gasteiger partial charge in [-0.1, -0.05) is 0 Å². The van der Waals surface area contributed by atoms with E-state index in [-0.39, 0.29) is 35.8 Å². The lowest BCUT2D eigenvalue weighted by atomic mass is 9.89. The number of amides is 1. The number of ether oxygens (including phenoxy) is 2. The summed E-state index contributed by atoms with van der Waals surface area (Å²) in [6.45, 7) is 6.60. The summed E-state index contributed by atoms with van der Waals surface area (Å²) in [4.78, 5) is 17.0. The minimum Gasteiger partial charge on any atom is -0.446 e. The van der Waals surface area contributed by atoms with Gasteiger partial charge in [-0.2, -0.15) is 10.4 Å². The van der Waals surface area contributed by atoms with Gasteiger partial charge in [-0.3, -0.25) is 0 Å². The third-order valence-electron chi connectivity index (χ3n) is 6.59. The molecule has 9 nitrogen and oxygen atoms in total. The maximum Gasteiger partial charge on any atom is 0.407 e. The zero-order valence-corrected chi connectivity index (χ0v) is 19.3. The Balaban J connectivity index is 1.49. The third kappa shape index (κ3) is 4.67. The van der Waals surface area contributed by atoms with E-state index in [2.05, 4.69) is 37.5 Å². The molecule has 6 rings (SSSR count). The minimum absolute atomic E-state index is 0.0545. The van der Waals surface area contributed by atoms with Crippen LogP contribution in [0.5, 0.6) is 0 Å². The molecule has 2 aliphatic carbocycles. The van der Waals surface area contributed by atoms with E-state index in [0.717, 1.165) is 43.6 Å². The first-order chi connectivity index (χ1) is 15.8. The Kier molecular flexibility index (Phi) is 5.49. The number of pyridine rings is 1. The fourth-order valence-corrected chi connectivity index (χ4v) is 4.81. The molecule has 2 N–H and O–H groups in total. The lowest BCUT2D eigenvalue weighted by Gasteiger charge is -2.35. The van der Waals surface area contributed by atoms with Crippen molar-refractivity contribution in [2.75, 3.05) is 5.32 Å². The van der Waals surface area contributed by atoms with Crippen molar-refractivity contribution in [3.05, 3.63) is 35.2 Å². The molecule has 2 aromatic heterocycles. The Morgan fingerprint density at radius 3 is 2.73 bits per heavy atom. The van der Waals surface area contributed by atoms with Crippen molar-refractivity contribution < 1.29 is 14.3 Å². The van der Waals surface area contributed by atoms with Gasteiger partial charge in [0, 0.05) is 18.0 Å². The summed E-state index contributed by atoms with van der Waals surface area (Å²) in [6.07, 6.45) is 3.61. The molecule has 4 heterocycles. The maximum absolute atomic E-state index is 12.4. The molecule has 2 saturated carbocycles. The summed E-state index contributed by atoms with van der Waals surface area (Å²) >= 11 is 0. The summed E-state index contributed by atoms with van der Waals surface area (Å²) in [5, 5.41) is 20.8. The lowest BCUT2D eigenvalue weighted by Crippen LogP contribution is -2.48. The van der Waals surface area contributed by atoms with E-state index in [1.54, 1.807) is 12.1 Å². The van der Waals surface area contributed by atoms with Crippen molar-refractivity contribution in [3.8, 4) is 6.07 Å². The van der Waals surface area contributed by atoms with E-state index in [1.165, 1.54) is 0 Å². The van der Waals surface area contributed by atoms with Gasteiger partial charge in [-0.25, -0.2) is 14.5 Å². The van der Waals surface area contributed by atoms with Gasteiger partial charge in [0.05, 0.1) is 41.3 Å². The van der Waals surface area contributed by atoms with Crippen molar-refractivity contribution >= 4 is 17.7 Å². The summed E-state index contributed by atoms with van der Waals surface area (Å²) in [5.41, 5.74) is 1.93. The number of carbonyl (C=O) groups is 1. The van der Waals surface area contributed by atoms with Gasteiger partial charge in [0.1, 0.15) is 17.7 Å². The number of anilines is 2. The number of alkyl carbamates (subject to hydrolysis) is 1. The van der Waals surface area contributed by atoms with Crippen LogP contribution in [-0.2, 0) is 21.6 Å². The largest absolute Gasteiger partial charge is 0.446 e. The van der Waals surface area contributed by atoms with E-state index < -0.39 is 0 Å². The molecule has 2 fully saturated rings. The van der Waals surface area contributed by atoms with Gasteiger partial charge < -0.3 is 20.1 Å². The quantitative estimate of drug-likeness (QED) is 0.622. The van der Waals surface area contributed by atoms with Crippen LogP contribution in [0.4, 0.5) is 16.4 Å². The van der Waals surface area contributed by atoms with Crippen molar-refractivity contribution in [1.29, 1.82) is 5.26 Å². The Labute approximate surface area is 193 Å². The predicted molar refractivity (Wildman–Crippen MR) is 121 cm³/mol. The highest BCUT2D eigenvalue weighted by Crippen LogP contribution is 2.38. The standard InChI is InChI=1S/C24H30N6O3/c1-24(2,3)30-22-11-20(29-30)15-4-5-18(8-15)33-23(31)27-16-9-19(10-16)32-13-17-6-14(12-25)7-21(26-17)28-22/h6-7,11,15-16,18-19H,4-5,8-10,13H2,1-3H3,(H,26,28)(H,27,31)/t15-,16?,18+,19?/m0/s1. The van der Waals surface area contributed by atoms with Crippen molar-refractivity contribution in [3.63, 3.8) is 0 Å². The number of nitrogens with zero attached hydrogens (tertiary/aromatic N) is 4. The predicted octanol–water partition coefficient (Wildman–Crippen LogP) is 4.07. The van der Waals surface area contributed by atoms with Crippen LogP contribution in [0.2, 0.25) is 0 Å². The maximum atomic E-state index is 12.4. The first kappa shape index (κ1) is 21.7. The van der Waals surface area contributed by atoms with Crippen LogP contribution >= 0.6 is 0 Å². The molecule has 0 radical (unpaired) electrons. The number of carbonyl (C=O) groups excluding carboxylic acids is 1. The van der Waals surface area contributed by atoms with E-state index in [0.29, 0.717) is 23.7 Å². The summed E-state index contributed by atoms with van der Waals surface area (Å²) < 4.78 is 13.6. The topological polar surface area (TPSA) is 114 Å². The Hall–Kier alpha value is -3.12. The molecule has 8 bridgehead atoms. The van der Waals surface area contributed by atoms with Crippen molar-refractivity contribution in [1.82, 2.24) is 20.1 Å². The van der Waals surface area contributed by atoms with Crippen LogP contribution in [-0.4, -0.2) is 39.1 Å². The number of nitrogens with one attached hydrogen (secondary N) is 2. The second-order valence-corrected chi connectivity index (χ2v) is 10.3. The lowest BCUT2D eigenvalue weighted by molar-refractivity contribution is -0.0283. The van der Waals surface area contributed by atoms with Gasteiger partial charge in [0.25, 0.3) is 0 Å². The van der Waals surface area contributed by atoms with Crippen LogP contribution in [0.1, 0.15) is 75.7 Å². The molecule has 0 spiro atoms. The molecule has 9 heteroatoms. The van der Waals surface area contributed by atoms with Crippen molar-refractivity contribution in [2.45, 2.75) is 89.2 Å². The molecule has 33 heavy (non-hydrogen) atoms. The van der Waals surface area contributed by atoms with Crippen LogP contribution in [0.3, 0.4) is 0 Å². The number of hydrogen-bond acceptors (Lipinski definition) is 7. The highest BCUT2D eigenvalue weighted by Gasteiger charge is 2.35. The summed E-state index contributed by atoms with van der Waals surface area (Å²) in [5.74, 6) is 1.63. The molecule has 0 unspecified atom stereocenters. The first-order valence-corrected chi connectivity index (χ1v) is 11.6. The van der Waals surface area contributed by atoms with Gasteiger partial charge in [-0.15, -0.1) is 0 Å². The van der Waals surface area contributed by atoms with Gasteiger partial charge in [0.15, 0.2) is 0 Å².